The maximum absolute atomic E-state index is 12.1. The second-order valence-electron chi connectivity index (χ2n) is 4.89. The summed E-state index contributed by atoms with van der Waals surface area (Å²) >= 11 is 1.44. The molecule has 3 atom stereocenters. The lowest BCUT2D eigenvalue weighted by Gasteiger charge is -2.29. The van der Waals surface area contributed by atoms with E-state index in [4.69, 9.17) is 0 Å². The van der Waals surface area contributed by atoms with Gasteiger partial charge < -0.3 is 10.4 Å². The lowest BCUT2D eigenvalue weighted by Crippen LogP contribution is -2.47. The maximum atomic E-state index is 12.1. The van der Waals surface area contributed by atoms with Crippen molar-refractivity contribution in [3.05, 3.63) is 24.4 Å². The van der Waals surface area contributed by atoms with Crippen LogP contribution in [0.5, 0.6) is 0 Å². The van der Waals surface area contributed by atoms with Crippen LogP contribution >= 0.6 is 11.8 Å². The fraction of sp³-hybridized carbons (Fsp3) is 0.571. The van der Waals surface area contributed by atoms with E-state index >= 15 is 0 Å². The number of pyridine rings is 1. The van der Waals surface area contributed by atoms with Crippen molar-refractivity contribution in [1.82, 2.24) is 10.3 Å². The normalized spacial score (nSPS) is 24.7. The van der Waals surface area contributed by atoms with Crippen LogP contribution in [0.3, 0.4) is 0 Å². The van der Waals surface area contributed by atoms with E-state index < -0.39 is 6.10 Å². The van der Waals surface area contributed by atoms with Crippen LogP contribution in [0.4, 0.5) is 0 Å². The van der Waals surface area contributed by atoms with Crippen molar-refractivity contribution < 1.29 is 9.90 Å². The first-order valence-corrected chi connectivity index (χ1v) is 7.61. The number of aliphatic hydroxyl groups excluding tert-OH is 1. The van der Waals surface area contributed by atoms with Crippen molar-refractivity contribution in [3.63, 3.8) is 0 Å². The van der Waals surface area contributed by atoms with Crippen LogP contribution in [-0.4, -0.2) is 33.4 Å². The highest BCUT2D eigenvalue weighted by Crippen LogP contribution is 2.22. The van der Waals surface area contributed by atoms with Gasteiger partial charge in [-0.3, -0.25) is 4.79 Å². The largest absolute Gasteiger partial charge is 0.391 e. The number of carbonyl (C=O) groups excluding carboxylic acids is 1. The monoisotopic (exact) mass is 280 g/mol. The third kappa shape index (κ3) is 4.21. The summed E-state index contributed by atoms with van der Waals surface area (Å²) in [6.07, 6.45) is 5.10. The highest BCUT2D eigenvalue weighted by Gasteiger charge is 2.26. The molecule has 19 heavy (non-hydrogen) atoms. The van der Waals surface area contributed by atoms with Gasteiger partial charge in [-0.1, -0.05) is 30.7 Å². The molecule has 1 fully saturated rings. The molecule has 2 N–H and O–H groups in total. The van der Waals surface area contributed by atoms with Gasteiger partial charge in [0, 0.05) is 6.20 Å². The molecule has 104 valence electrons. The van der Waals surface area contributed by atoms with Crippen LogP contribution in [0.15, 0.2) is 29.4 Å². The van der Waals surface area contributed by atoms with Crippen molar-refractivity contribution in [2.75, 3.05) is 0 Å². The smallest absolute Gasteiger partial charge is 0.233 e. The second kappa shape index (κ2) is 6.91. The van der Waals surface area contributed by atoms with Gasteiger partial charge in [0.1, 0.15) is 0 Å². The zero-order valence-electron chi connectivity index (χ0n) is 11.1. The van der Waals surface area contributed by atoms with E-state index in [9.17, 15) is 9.90 Å². The zero-order valence-corrected chi connectivity index (χ0v) is 11.9. The van der Waals surface area contributed by atoms with Crippen LogP contribution < -0.4 is 5.32 Å². The van der Waals surface area contributed by atoms with Crippen molar-refractivity contribution in [2.45, 2.75) is 55.0 Å². The topological polar surface area (TPSA) is 62.2 Å². The predicted octanol–water partition coefficient (Wildman–Crippen LogP) is 1.98. The quantitative estimate of drug-likeness (QED) is 0.828. The Hall–Kier alpha value is -1.07. The van der Waals surface area contributed by atoms with E-state index in [0.717, 1.165) is 30.7 Å². The molecule has 4 nitrogen and oxygen atoms in total. The van der Waals surface area contributed by atoms with Gasteiger partial charge in [0.05, 0.1) is 22.4 Å². The Bertz CT molecular complexity index is 413. The Labute approximate surface area is 118 Å². The number of nitrogens with one attached hydrogen (secondary N) is 1. The summed E-state index contributed by atoms with van der Waals surface area (Å²) in [6, 6.07) is 5.56. The fourth-order valence-corrected chi connectivity index (χ4v) is 3.05. The number of aromatic nitrogens is 1. The van der Waals surface area contributed by atoms with Gasteiger partial charge >= 0.3 is 0 Å². The molecule has 0 radical (unpaired) electrons. The molecule has 1 aromatic rings. The van der Waals surface area contributed by atoms with E-state index in [0.29, 0.717) is 0 Å². The number of aliphatic hydroxyl groups is 1. The highest BCUT2D eigenvalue weighted by molar-refractivity contribution is 8.00. The van der Waals surface area contributed by atoms with Gasteiger partial charge in [-0.25, -0.2) is 4.98 Å². The Morgan fingerprint density at radius 3 is 2.95 bits per heavy atom. The summed E-state index contributed by atoms with van der Waals surface area (Å²) in [5.74, 6) is -0.0263. The van der Waals surface area contributed by atoms with Gasteiger partial charge in [-0.15, -0.1) is 0 Å². The van der Waals surface area contributed by atoms with Gasteiger partial charge in [-0.2, -0.15) is 0 Å². The Balaban J connectivity index is 1.85. The number of rotatable bonds is 4. The number of nitrogens with zero attached hydrogens (tertiary/aromatic N) is 1. The van der Waals surface area contributed by atoms with E-state index in [-0.39, 0.29) is 17.2 Å². The van der Waals surface area contributed by atoms with E-state index in [1.54, 1.807) is 6.20 Å². The van der Waals surface area contributed by atoms with E-state index in [2.05, 4.69) is 10.3 Å². The first-order chi connectivity index (χ1) is 9.16. The van der Waals surface area contributed by atoms with Crippen LogP contribution in [-0.2, 0) is 4.79 Å². The standard InChI is InChI=1S/C14H20N2O2S/c1-10(19-13-8-4-5-9-15-13)14(18)16-11-6-2-3-7-12(11)17/h4-5,8-12,17H,2-3,6-7H2,1H3,(H,16,18). The molecule has 1 saturated carbocycles. The molecular weight excluding hydrogens is 260 g/mol. The molecule has 1 heterocycles. The number of thioether (sulfide) groups is 1. The van der Waals surface area contributed by atoms with E-state index in [1.807, 2.05) is 25.1 Å². The summed E-state index contributed by atoms with van der Waals surface area (Å²) in [7, 11) is 0. The molecule has 0 aromatic carbocycles. The van der Waals surface area contributed by atoms with Crippen molar-refractivity contribution >= 4 is 17.7 Å². The van der Waals surface area contributed by atoms with Gasteiger partial charge in [-0.05, 0) is 31.9 Å². The fourth-order valence-electron chi connectivity index (χ4n) is 2.23. The maximum Gasteiger partial charge on any atom is 0.233 e. The molecule has 1 aliphatic carbocycles. The van der Waals surface area contributed by atoms with Crippen LogP contribution in [0.1, 0.15) is 32.6 Å². The molecule has 1 amide bonds. The SMILES string of the molecule is CC(Sc1ccccn1)C(=O)NC1CCCCC1O. The lowest BCUT2D eigenvalue weighted by molar-refractivity contribution is -0.122. The van der Waals surface area contributed by atoms with Crippen LogP contribution in [0.2, 0.25) is 0 Å². The average Bonchev–Trinajstić information content (AvgIpc) is 2.42. The van der Waals surface area contributed by atoms with Crippen molar-refractivity contribution in [3.8, 4) is 0 Å². The molecule has 5 heteroatoms. The third-order valence-electron chi connectivity index (χ3n) is 3.36. The predicted molar refractivity (Wildman–Crippen MR) is 76.0 cm³/mol. The molecule has 0 aliphatic heterocycles. The lowest BCUT2D eigenvalue weighted by atomic mass is 9.92. The van der Waals surface area contributed by atoms with Gasteiger partial charge in [0.25, 0.3) is 0 Å². The number of carbonyl (C=O) groups is 1. The molecule has 1 aliphatic rings. The first kappa shape index (κ1) is 14.3. The molecular formula is C14H20N2O2S. The molecule has 0 spiro atoms. The summed E-state index contributed by atoms with van der Waals surface area (Å²) in [5, 5.41) is 13.4. The van der Waals surface area contributed by atoms with Gasteiger partial charge in [0.15, 0.2) is 0 Å². The Morgan fingerprint density at radius 2 is 2.26 bits per heavy atom. The minimum atomic E-state index is -0.398. The number of amides is 1. The summed E-state index contributed by atoms with van der Waals surface area (Å²) in [6.45, 7) is 1.86. The van der Waals surface area contributed by atoms with Crippen molar-refractivity contribution in [2.24, 2.45) is 0 Å². The minimum absolute atomic E-state index is 0.0263. The molecule has 0 bridgehead atoms. The summed E-state index contributed by atoms with van der Waals surface area (Å²) < 4.78 is 0. The summed E-state index contributed by atoms with van der Waals surface area (Å²) in [4.78, 5) is 16.3. The molecule has 2 rings (SSSR count). The zero-order chi connectivity index (χ0) is 13.7. The van der Waals surface area contributed by atoms with Crippen molar-refractivity contribution in [1.29, 1.82) is 0 Å². The number of hydrogen-bond donors (Lipinski definition) is 2. The van der Waals surface area contributed by atoms with Crippen LogP contribution in [0.25, 0.3) is 0 Å². The molecule has 3 unspecified atom stereocenters. The number of hydrogen-bond acceptors (Lipinski definition) is 4. The van der Waals surface area contributed by atoms with Gasteiger partial charge in [0.2, 0.25) is 5.91 Å². The molecule has 0 saturated heterocycles. The Kier molecular flexibility index (Phi) is 5.22. The second-order valence-corrected chi connectivity index (χ2v) is 6.26. The average molecular weight is 280 g/mol. The molecule has 1 aromatic heterocycles. The third-order valence-corrected chi connectivity index (χ3v) is 4.41. The summed E-state index contributed by atoms with van der Waals surface area (Å²) in [5.41, 5.74) is 0. The highest BCUT2D eigenvalue weighted by atomic mass is 32.2. The minimum Gasteiger partial charge on any atom is -0.391 e. The Morgan fingerprint density at radius 1 is 1.47 bits per heavy atom. The van der Waals surface area contributed by atoms with E-state index in [1.165, 1.54) is 11.8 Å². The van der Waals surface area contributed by atoms with Crippen LogP contribution in [0, 0.1) is 0 Å². The first-order valence-electron chi connectivity index (χ1n) is 6.73.